The molecule has 6 heteroatoms. The molecule has 2 radical (unpaired) electrons. The van der Waals surface area contributed by atoms with Crippen LogP contribution in [0.3, 0.4) is 0 Å². The van der Waals surface area contributed by atoms with E-state index in [0.717, 1.165) is 6.29 Å². The van der Waals surface area contributed by atoms with Gasteiger partial charge < -0.3 is 14.4 Å². The van der Waals surface area contributed by atoms with Gasteiger partial charge in [0.1, 0.15) is 26.5 Å². The Kier molecular flexibility index (Phi) is 4.68. The van der Waals surface area contributed by atoms with Gasteiger partial charge in [-0.1, -0.05) is 17.6 Å². The number of anilines is 1. The van der Waals surface area contributed by atoms with E-state index in [2.05, 4.69) is 0 Å². The van der Waals surface area contributed by atoms with Gasteiger partial charge in [-0.2, -0.15) is 0 Å². The predicted molar refractivity (Wildman–Crippen MR) is 73.9 cm³/mol. The zero-order valence-electron chi connectivity index (χ0n) is 10.8. The van der Waals surface area contributed by atoms with Crippen molar-refractivity contribution >= 4 is 37.9 Å². The highest BCUT2D eigenvalue weighted by Gasteiger charge is 2.34. The Morgan fingerprint density at radius 2 is 1.80 bits per heavy atom. The van der Waals surface area contributed by atoms with Crippen LogP contribution in [0.15, 0.2) is 24.3 Å². The van der Waals surface area contributed by atoms with Crippen LogP contribution in [0.5, 0.6) is 0 Å². The van der Waals surface area contributed by atoms with Gasteiger partial charge in [-0.3, -0.25) is 4.84 Å². The molecular weight excluding hydrogens is 257 g/mol. The van der Waals surface area contributed by atoms with Crippen LogP contribution in [-0.2, 0) is 19.2 Å². The lowest BCUT2D eigenvalue weighted by molar-refractivity contribution is -0.128. The van der Waals surface area contributed by atoms with Crippen molar-refractivity contribution in [3.63, 3.8) is 0 Å². The highest BCUT2D eigenvalue weighted by molar-refractivity contribution is 6.32. The Labute approximate surface area is 118 Å². The molecular formula is C14H14BNO4. The highest BCUT2D eigenvalue weighted by atomic mass is 16.7. The standard InChI is InChI=1S/C14H14BNO4/c15-11-1-3-12(4-2-11)16-14(10(7-17)8-18)6-5-13(9-19)20-16/h1-4,7-10,13-14H,5-6H2/t13-,14-/m1/s1. The number of benzene rings is 1. The topological polar surface area (TPSA) is 63.7 Å². The first-order valence-corrected chi connectivity index (χ1v) is 6.37. The van der Waals surface area contributed by atoms with Gasteiger partial charge in [0.25, 0.3) is 0 Å². The maximum Gasteiger partial charge on any atom is 0.151 e. The molecule has 0 unspecified atom stereocenters. The minimum absolute atomic E-state index is 0.412. The quantitative estimate of drug-likeness (QED) is 0.427. The van der Waals surface area contributed by atoms with Crippen molar-refractivity contribution in [2.75, 3.05) is 5.06 Å². The fourth-order valence-corrected chi connectivity index (χ4v) is 2.26. The molecule has 5 nitrogen and oxygen atoms in total. The Morgan fingerprint density at radius 3 is 2.35 bits per heavy atom. The fourth-order valence-electron chi connectivity index (χ4n) is 2.26. The van der Waals surface area contributed by atoms with Crippen molar-refractivity contribution in [1.29, 1.82) is 0 Å². The molecule has 1 fully saturated rings. The molecule has 1 aliphatic heterocycles. The molecule has 1 aliphatic rings. The molecule has 0 aliphatic carbocycles. The first kappa shape index (κ1) is 14.5. The van der Waals surface area contributed by atoms with E-state index >= 15 is 0 Å². The Hall–Kier alpha value is -1.95. The van der Waals surface area contributed by atoms with E-state index in [1.807, 2.05) is 0 Å². The maximum absolute atomic E-state index is 11.0. The van der Waals surface area contributed by atoms with Gasteiger partial charge >= 0.3 is 0 Å². The number of rotatable bonds is 5. The summed E-state index contributed by atoms with van der Waals surface area (Å²) in [6, 6.07) is 6.42. The molecule has 1 aromatic rings. The first-order valence-electron chi connectivity index (χ1n) is 6.37. The Balaban J connectivity index is 2.30. The van der Waals surface area contributed by atoms with Crippen LogP contribution in [0.25, 0.3) is 0 Å². The zero-order chi connectivity index (χ0) is 14.5. The summed E-state index contributed by atoms with van der Waals surface area (Å²) >= 11 is 0. The summed E-state index contributed by atoms with van der Waals surface area (Å²) in [4.78, 5) is 38.5. The smallest absolute Gasteiger partial charge is 0.151 e. The zero-order valence-corrected chi connectivity index (χ0v) is 10.8. The Morgan fingerprint density at radius 1 is 1.15 bits per heavy atom. The predicted octanol–water partition coefficient (Wildman–Crippen LogP) is -0.0377. The minimum atomic E-state index is -0.792. The van der Waals surface area contributed by atoms with E-state index < -0.39 is 18.1 Å². The third-order valence-corrected chi connectivity index (χ3v) is 3.36. The second kappa shape index (κ2) is 6.48. The average molecular weight is 271 g/mol. The number of carbonyl (C=O) groups excluding carboxylic acids is 3. The number of carbonyl (C=O) groups is 3. The third-order valence-electron chi connectivity index (χ3n) is 3.36. The normalized spacial score (nSPS) is 22.6. The van der Waals surface area contributed by atoms with E-state index in [0.29, 0.717) is 36.6 Å². The second-order valence-electron chi connectivity index (χ2n) is 4.69. The SMILES string of the molecule is [B]c1ccc(N2O[C@@H](C=O)CC[C@@H]2C(C=O)C=O)cc1. The average Bonchev–Trinajstić information content (AvgIpc) is 2.49. The molecule has 102 valence electrons. The van der Waals surface area contributed by atoms with E-state index in [4.69, 9.17) is 12.7 Å². The van der Waals surface area contributed by atoms with Crippen LogP contribution < -0.4 is 10.5 Å². The second-order valence-corrected chi connectivity index (χ2v) is 4.69. The van der Waals surface area contributed by atoms with Crippen LogP contribution in [-0.4, -0.2) is 38.9 Å². The Bertz CT molecular complexity index is 482. The monoisotopic (exact) mass is 271 g/mol. The first-order chi connectivity index (χ1) is 9.69. The number of nitrogens with zero attached hydrogens (tertiary/aromatic N) is 1. The number of hydrogen-bond acceptors (Lipinski definition) is 5. The van der Waals surface area contributed by atoms with Crippen molar-refractivity contribution < 1.29 is 19.2 Å². The molecule has 1 aromatic carbocycles. The van der Waals surface area contributed by atoms with E-state index in [1.165, 1.54) is 5.06 Å². The fraction of sp³-hybridized carbons (Fsp3) is 0.357. The van der Waals surface area contributed by atoms with Crippen LogP contribution >= 0.6 is 0 Å². The van der Waals surface area contributed by atoms with E-state index in [-0.39, 0.29) is 0 Å². The van der Waals surface area contributed by atoms with E-state index in [9.17, 15) is 14.4 Å². The molecule has 0 amide bonds. The lowest BCUT2D eigenvalue weighted by atomic mass is 9.93. The molecule has 1 heterocycles. The molecule has 1 saturated heterocycles. The van der Waals surface area contributed by atoms with Crippen LogP contribution in [0.4, 0.5) is 5.69 Å². The molecule has 0 aromatic heterocycles. The van der Waals surface area contributed by atoms with Crippen LogP contribution in [0.1, 0.15) is 12.8 Å². The molecule has 20 heavy (non-hydrogen) atoms. The van der Waals surface area contributed by atoms with Crippen molar-refractivity contribution in [2.45, 2.75) is 25.0 Å². The van der Waals surface area contributed by atoms with Crippen molar-refractivity contribution in [2.24, 2.45) is 5.92 Å². The van der Waals surface area contributed by atoms with E-state index in [1.54, 1.807) is 24.3 Å². The number of hydrogen-bond donors (Lipinski definition) is 0. The largest absolute Gasteiger partial charge is 0.303 e. The highest BCUT2D eigenvalue weighted by Crippen LogP contribution is 2.28. The van der Waals surface area contributed by atoms with Crippen LogP contribution in [0.2, 0.25) is 0 Å². The van der Waals surface area contributed by atoms with Crippen LogP contribution in [0, 0.1) is 5.92 Å². The summed E-state index contributed by atoms with van der Waals surface area (Å²) in [5.41, 5.74) is 1.25. The van der Waals surface area contributed by atoms with Crippen molar-refractivity contribution in [3.05, 3.63) is 24.3 Å². The summed E-state index contributed by atoms with van der Waals surface area (Å²) in [5.74, 6) is -0.792. The van der Waals surface area contributed by atoms with Gasteiger partial charge in [-0.05, 0) is 25.0 Å². The molecule has 0 N–H and O–H groups in total. The minimum Gasteiger partial charge on any atom is -0.303 e. The third kappa shape index (κ3) is 2.96. The summed E-state index contributed by atoms with van der Waals surface area (Å²) in [7, 11) is 5.63. The summed E-state index contributed by atoms with van der Waals surface area (Å²) in [5, 5.41) is 1.47. The summed E-state index contributed by atoms with van der Waals surface area (Å²) < 4.78 is 0. The van der Waals surface area contributed by atoms with Crippen molar-refractivity contribution in [3.8, 4) is 0 Å². The number of hydroxylamine groups is 1. The lowest BCUT2D eigenvalue weighted by Crippen LogP contribution is -2.49. The van der Waals surface area contributed by atoms with Gasteiger partial charge in [-0.15, -0.1) is 0 Å². The van der Waals surface area contributed by atoms with Gasteiger partial charge in [-0.25, -0.2) is 5.06 Å². The summed E-state index contributed by atoms with van der Waals surface area (Å²) in [6.45, 7) is 0. The van der Waals surface area contributed by atoms with Gasteiger partial charge in [0, 0.05) is 0 Å². The molecule has 0 bridgehead atoms. The number of aldehydes is 3. The molecule has 0 saturated carbocycles. The lowest BCUT2D eigenvalue weighted by Gasteiger charge is -2.39. The van der Waals surface area contributed by atoms with Gasteiger partial charge in [0.05, 0.1) is 17.6 Å². The maximum atomic E-state index is 11.0. The van der Waals surface area contributed by atoms with Gasteiger partial charge in [0.15, 0.2) is 6.29 Å². The van der Waals surface area contributed by atoms with Crippen molar-refractivity contribution in [1.82, 2.24) is 0 Å². The van der Waals surface area contributed by atoms with Gasteiger partial charge in [0.2, 0.25) is 0 Å². The molecule has 2 rings (SSSR count). The molecule has 0 spiro atoms. The summed E-state index contributed by atoms with van der Waals surface area (Å²) in [6.07, 6.45) is 2.37. The molecule has 2 atom stereocenters.